The number of nitrogens with zero attached hydrogens (tertiary/aromatic N) is 2. The molecule has 1 aromatic carbocycles. The second-order valence-electron chi connectivity index (χ2n) is 6.41. The summed E-state index contributed by atoms with van der Waals surface area (Å²) in [5, 5.41) is 1.69. The zero-order valence-electron chi connectivity index (χ0n) is 16.8. The molecule has 0 saturated heterocycles. The van der Waals surface area contributed by atoms with Crippen LogP contribution in [0.25, 0.3) is 17.0 Å². The van der Waals surface area contributed by atoms with Gasteiger partial charge in [-0.15, -0.1) is 23.5 Å². The second-order valence-corrected chi connectivity index (χ2v) is 9.64. The lowest BCUT2D eigenvalue weighted by atomic mass is 10.2. The van der Waals surface area contributed by atoms with E-state index in [-0.39, 0.29) is 16.5 Å². The number of ether oxygens (including phenoxy) is 1. The molecule has 5 nitrogen and oxygen atoms in total. The van der Waals surface area contributed by atoms with Gasteiger partial charge in [-0.1, -0.05) is 29.8 Å². The molecule has 0 N–H and O–H groups in total. The lowest BCUT2D eigenvalue weighted by molar-refractivity contribution is -0.140. The van der Waals surface area contributed by atoms with Crippen molar-refractivity contribution in [3.05, 3.63) is 47.1 Å². The van der Waals surface area contributed by atoms with Crippen LogP contribution in [0.15, 0.2) is 36.4 Å². The smallest absolute Gasteiger partial charge is 0.306 e. The van der Waals surface area contributed by atoms with Gasteiger partial charge in [-0.25, -0.2) is 4.98 Å². The Balaban J connectivity index is 2.03. The van der Waals surface area contributed by atoms with E-state index in [1.807, 2.05) is 36.4 Å². The number of esters is 1. The van der Waals surface area contributed by atoms with Gasteiger partial charge in [0, 0.05) is 42.4 Å². The van der Waals surface area contributed by atoms with Crippen LogP contribution in [0.2, 0.25) is 5.02 Å². The number of thioether (sulfide) groups is 2. The summed E-state index contributed by atoms with van der Waals surface area (Å²) < 4.78 is 4.81. The van der Waals surface area contributed by atoms with E-state index >= 15 is 0 Å². The Kier molecular flexibility index (Phi) is 9.84. The molecular formula is C21H25ClN2O3S2. The molecule has 1 atom stereocenters. The van der Waals surface area contributed by atoms with Crippen LogP contribution in [0.3, 0.4) is 0 Å². The minimum absolute atomic E-state index is 0.103. The summed E-state index contributed by atoms with van der Waals surface area (Å²) in [6.07, 6.45) is 4.87. The number of aromatic nitrogens is 1. The van der Waals surface area contributed by atoms with Crippen molar-refractivity contribution in [3.63, 3.8) is 0 Å². The van der Waals surface area contributed by atoms with Gasteiger partial charge in [-0.05, 0) is 24.3 Å². The molecule has 1 heterocycles. The Morgan fingerprint density at radius 1 is 1.17 bits per heavy atom. The minimum Gasteiger partial charge on any atom is -0.469 e. The number of hydrogen-bond donors (Lipinski definition) is 0. The Morgan fingerprint density at radius 2 is 1.86 bits per heavy atom. The maximum absolute atomic E-state index is 11.8. The fourth-order valence-electron chi connectivity index (χ4n) is 2.38. The third-order valence-electron chi connectivity index (χ3n) is 4.01. The number of fused-ring (bicyclic) bond motifs is 1. The van der Waals surface area contributed by atoms with E-state index in [0.717, 1.165) is 16.6 Å². The van der Waals surface area contributed by atoms with E-state index in [4.69, 9.17) is 16.3 Å². The molecule has 1 unspecified atom stereocenters. The summed E-state index contributed by atoms with van der Waals surface area (Å²) >= 11 is 9.40. The lowest BCUT2D eigenvalue weighted by Gasteiger charge is -2.14. The van der Waals surface area contributed by atoms with Gasteiger partial charge in [0.15, 0.2) is 0 Å². The first-order valence-electron chi connectivity index (χ1n) is 9.13. The minimum atomic E-state index is -0.221. The number of methoxy groups -OCH3 is 1. The molecule has 1 amide bonds. The summed E-state index contributed by atoms with van der Waals surface area (Å²) in [6.45, 7) is 0. The fraction of sp³-hybridized carbons (Fsp3) is 0.381. The number of pyridine rings is 1. The van der Waals surface area contributed by atoms with Gasteiger partial charge < -0.3 is 9.64 Å². The number of halogens is 1. The van der Waals surface area contributed by atoms with Crippen molar-refractivity contribution in [2.75, 3.05) is 32.7 Å². The third kappa shape index (κ3) is 8.28. The summed E-state index contributed by atoms with van der Waals surface area (Å²) in [5.41, 5.74) is 1.68. The molecule has 8 heteroatoms. The number of hydrogen-bond acceptors (Lipinski definition) is 6. The molecule has 0 spiro atoms. The molecule has 0 radical (unpaired) electrons. The van der Waals surface area contributed by atoms with Crippen LogP contribution >= 0.6 is 35.1 Å². The molecular weight excluding hydrogens is 428 g/mol. The molecule has 0 bridgehead atoms. The maximum atomic E-state index is 11.8. The zero-order valence-corrected chi connectivity index (χ0v) is 19.1. The lowest BCUT2D eigenvalue weighted by Crippen LogP contribution is -2.22. The Bertz CT molecular complexity index is 874. The summed E-state index contributed by atoms with van der Waals surface area (Å²) in [6, 6.07) is 9.62. The van der Waals surface area contributed by atoms with Crippen LogP contribution < -0.4 is 0 Å². The predicted molar refractivity (Wildman–Crippen MR) is 124 cm³/mol. The summed E-state index contributed by atoms with van der Waals surface area (Å²) in [4.78, 5) is 29.4. The van der Waals surface area contributed by atoms with Gasteiger partial charge >= 0.3 is 5.97 Å². The average molecular weight is 453 g/mol. The average Bonchev–Trinajstić information content (AvgIpc) is 2.70. The standard InChI is InChI=1S/C21H25ClN2O3S2/c1-24(2)19(25)10-12-28-21(29-13-11-20(26)27-3)9-8-17-7-5-15-4-6-16(22)14-18(15)23-17/h4-9,14,21H,10-13H2,1-3H3/b9-8+. The van der Waals surface area contributed by atoms with Gasteiger partial charge in [-0.3, -0.25) is 9.59 Å². The number of benzene rings is 1. The molecule has 0 aliphatic rings. The molecule has 0 aliphatic carbocycles. The largest absolute Gasteiger partial charge is 0.469 e. The summed E-state index contributed by atoms with van der Waals surface area (Å²) in [5.74, 6) is 1.24. The quantitative estimate of drug-likeness (QED) is 0.383. The molecule has 2 rings (SSSR count). The predicted octanol–water partition coefficient (Wildman–Crippen LogP) is 4.74. The van der Waals surface area contributed by atoms with Crippen LogP contribution in [0.4, 0.5) is 0 Å². The first-order chi connectivity index (χ1) is 13.9. The SMILES string of the molecule is COC(=O)CCSC(/C=C/c1ccc2ccc(Cl)cc2n1)SCCC(=O)N(C)C. The Hall–Kier alpha value is -1.70. The van der Waals surface area contributed by atoms with Crippen molar-refractivity contribution in [2.24, 2.45) is 0 Å². The third-order valence-corrected chi connectivity index (χ3v) is 6.92. The van der Waals surface area contributed by atoms with E-state index in [9.17, 15) is 9.59 Å². The highest BCUT2D eigenvalue weighted by molar-refractivity contribution is 8.17. The first kappa shape index (κ1) is 23.6. The topological polar surface area (TPSA) is 59.5 Å². The highest BCUT2D eigenvalue weighted by Gasteiger charge is 2.11. The van der Waals surface area contributed by atoms with Crippen molar-refractivity contribution in [2.45, 2.75) is 17.4 Å². The molecule has 0 fully saturated rings. The first-order valence-corrected chi connectivity index (χ1v) is 11.6. The molecule has 2 aromatic rings. The van der Waals surface area contributed by atoms with Crippen molar-refractivity contribution < 1.29 is 14.3 Å². The van der Waals surface area contributed by atoms with Crippen molar-refractivity contribution in [1.82, 2.24) is 9.88 Å². The number of rotatable bonds is 10. The summed E-state index contributed by atoms with van der Waals surface area (Å²) in [7, 11) is 4.91. The van der Waals surface area contributed by atoms with Crippen molar-refractivity contribution in [3.8, 4) is 0 Å². The van der Waals surface area contributed by atoms with Crippen LogP contribution in [0.1, 0.15) is 18.5 Å². The van der Waals surface area contributed by atoms with E-state index in [0.29, 0.717) is 29.4 Å². The van der Waals surface area contributed by atoms with Crippen LogP contribution in [0, 0.1) is 0 Å². The molecule has 0 saturated carbocycles. The normalized spacial score (nSPS) is 12.3. The molecule has 29 heavy (non-hydrogen) atoms. The zero-order chi connectivity index (χ0) is 21.2. The van der Waals surface area contributed by atoms with E-state index in [1.165, 1.54) is 7.11 Å². The van der Waals surface area contributed by atoms with Gasteiger partial charge in [0.1, 0.15) is 0 Å². The highest BCUT2D eigenvalue weighted by atomic mass is 35.5. The highest BCUT2D eigenvalue weighted by Crippen LogP contribution is 2.27. The van der Waals surface area contributed by atoms with Crippen LogP contribution in [-0.4, -0.2) is 59.1 Å². The maximum Gasteiger partial charge on any atom is 0.306 e. The van der Waals surface area contributed by atoms with Gasteiger partial charge in [0.05, 0.1) is 29.3 Å². The number of carbonyl (C=O) groups excluding carboxylic acids is 2. The second kappa shape index (κ2) is 12.1. The van der Waals surface area contributed by atoms with E-state index in [2.05, 4.69) is 11.1 Å². The van der Waals surface area contributed by atoms with Crippen molar-refractivity contribution >= 4 is 64.0 Å². The van der Waals surface area contributed by atoms with Gasteiger partial charge in [0.2, 0.25) is 5.91 Å². The Morgan fingerprint density at radius 3 is 2.55 bits per heavy atom. The number of amides is 1. The monoisotopic (exact) mass is 452 g/mol. The van der Waals surface area contributed by atoms with Crippen LogP contribution in [-0.2, 0) is 14.3 Å². The molecule has 156 valence electrons. The molecule has 1 aromatic heterocycles. The van der Waals surface area contributed by atoms with E-state index < -0.39 is 0 Å². The number of carbonyl (C=O) groups is 2. The van der Waals surface area contributed by atoms with E-state index in [1.54, 1.807) is 42.5 Å². The molecule has 0 aliphatic heterocycles. The fourth-order valence-corrected chi connectivity index (χ4v) is 4.93. The van der Waals surface area contributed by atoms with Gasteiger partial charge in [0.25, 0.3) is 0 Å². The van der Waals surface area contributed by atoms with Crippen molar-refractivity contribution in [1.29, 1.82) is 0 Å². The van der Waals surface area contributed by atoms with Gasteiger partial charge in [-0.2, -0.15) is 0 Å². The van der Waals surface area contributed by atoms with Crippen LogP contribution in [0.5, 0.6) is 0 Å². The Labute approximate surface area is 185 Å².